The third-order valence-electron chi connectivity index (χ3n) is 1.92. The van der Waals surface area contributed by atoms with Crippen molar-refractivity contribution in [1.29, 1.82) is 0 Å². The van der Waals surface area contributed by atoms with Gasteiger partial charge in [0.2, 0.25) is 0 Å². The average molecular weight is 226 g/mol. The van der Waals surface area contributed by atoms with E-state index in [1.807, 2.05) is 0 Å². The molecule has 6 nitrogen and oxygen atoms in total. The lowest BCUT2D eigenvalue weighted by Crippen LogP contribution is -2.29. The molecule has 0 bridgehead atoms. The fourth-order valence-corrected chi connectivity index (χ4v) is 0.323. The van der Waals surface area contributed by atoms with Crippen LogP contribution in [-0.4, -0.2) is 70.3 Å². The van der Waals surface area contributed by atoms with Crippen LogP contribution in [0.3, 0.4) is 0 Å². The van der Waals surface area contributed by atoms with Gasteiger partial charge in [-0.25, -0.2) is 0 Å². The van der Waals surface area contributed by atoms with Crippen molar-refractivity contribution >= 4 is 0 Å². The summed E-state index contributed by atoms with van der Waals surface area (Å²) in [6, 6.07) is 0. The Morgan fingerprint density at radius 3 is 1.00 bits per heavy atom. The van der Waals surface area contributed by atoms with E-state index in [0.29, 0.717) is 0 Å². The normalized spacial score (nSPS) is 11.2. The zero-order valence-electron chi connectivity index (χ0n) is 9.00. The Kier molecular flexibility index (Phi) is 11.8. The molecule has 94 valence electrons. The molecule has 0 atom stereocenters. The summed E-state index contributed by atoms with van der Waals surface area (Å²) in [7, 11) is 0. The summed E-state index contributed by atoms with van der Waals surface area (Å²) in [4.78, 5) is 0. The highest BCUT2D eigenvalue weighted by atomic mass is 16.3. The zero-order valence-corrected chi connectivity index (χ0v) is 9.00. The van der Waals surface area contributed by atoms with Gasteiger partial charge < -0.3 is 30.6 Å². The first-order chi connectivity index (χ1) is 7.03. The Hall–Kier alpha value is -0.240. The third-order valence-corrected chi connectivity index (χ3v) is 1.92. The second-order valence-corrected chi connectivity index (χ2v) is 3.70. The lowest BCUT2D eigenvalue weighted by molar-refractivity contribution is 0.0200. The van der Waals surface area contributed by atoms with Crippen molar-refractivity contribution in [1.82, 2.24) is 0 Å². The molecule has 0 aliphatic rings. The Morgan fingerprint density at radius 2 is 1.00 bits per heavy atom. The minimum absolute atomic E-state index is 0.146. The number of aliphatic hydroxyl groups excluding tert-OH is 6. The van der Waals surface area contributed by atoms with E-state index in [0.717, 1.165) is 0 Å². The molecule has 0 amide bonds. The first kappa shape index (κ1) is 17.2. The van der Waals surface area contributed by atoms with E-state index in [1.165, 1.54) is 0 Å². The molecular weight excluding hydrogens is 204 g/mol. The molecule has 0 aliphatic heterocycles. The molecule has 0 radical (unpaired) electrons. The van der Waals surface area contributed by atoms with Gasteiger partial charge in [0, 0.05) is 11.3 Å². The van der Waals surface area contributed by atoms with Crippen LogP contribution >= 0.6 is 0 Å². The van der Waals surface area contributed by atoms with Crippen LogP contribution in [0, 0.1) is 11.3 Å². The molecule has 0 unspecified atom stereocenters. The first-order valence-electron chi connectivity index (χ1n) is 4.68. The fourth-order valence-electron chi connectivity index (χ4n) is 0.323. The van der Waals surface area contributed by atoms with Gasteiger partial charge in [0.15, 0.2) is 0 Å². The van der Waals surface area contributed by atoms with Gasteiger partial charge in [-0.05, 0) is 0 Å². The number of hydrogen-bond donors (Lipinski definition) is 6. The van der Waals surface area contributed by atoms with Crippen molar-refractivity contribution in [3.05, 3.63) is 0 Å². The Bertz CT molecular complexity index is 108. The van der Waals surface area contributed by atoms with Crippen LogP contribution in [0.4, 0.5) is 0 Å². The summed E-state index contributed by atoms with van der Waals surface area (Å²) in [6.07, 6.45) is 0. The minimum Gasteiger partial charge on any atom is -0.396 e. The van der Waals surface area contributed by atoms with Crippen LogP contribution in [0.25, 0.3) is 0 Å². The Morgan fingerprint density at radius 1 is 0.733 bits per heavy atom. The standard InChI is InChI=1S/C5H12O3.C4H10O3/c1-5(2-6,3-7)4-8;5-1-4(2-6)3-7/h6-8H,2-4H2,1H3;4-7H,1-3H2. The fraction of sp³-hybridized carbons (Fsp3) is 1.00. The predicted octanol–water partition coefficient (Wildman–Crippen LogP) is -2.45. The third kappa shape index (κ3) is 8.73. The predicted molar refractivity (Wildman–Crippen MR) is 54.1 cm³/mol. The van der Waals surface area contributed by atoms with E-state index in [1.54, 1.807) is 6.92 Å². The van der Waals surface area contributed by atoms with Crippen LogP contribution in [-0.2, 0) is 0 Å². The maximum atomic E-state index is 8.47. The minimum atomic E-state index is -0.708. The monoisotopic (exact) mass is 226 g/mol. The van der Waals surface area contributed by atoms with Crippen LogP contribution in [0.15, 0.2) is 0 Å². The lowest BCUT2D eigenvalue weighted by atomic mass is 9.95. The number of hydrogen-bond acceptors (Lipinski definition) is 6. The van der Waals surface area contributed by atoms with Crippen molar-refractivity contribution in [2.24, 2.45) is 11.3 Å². The van der Waals surface area contributed by atoms with E-state index in [9.17, 15) is 0 Å². The van der Waals surface area contributed by atoms with Gasteiger partial charge in [0.1, 0.15) is 0 Å². The van der Waals surface area contributed by atoms with E-state index >= 15 is 0 Å². The van der Waals surface area contributed by atoms with Crippen LogP contribution in [0.5, 0.6) is 0 Å². The summed E-state index contributed by atoms with van der Waals surface area (Å²) in [5.41, 5.74) is -0.708. The van der Waals surface area contributed by atoms with Crippen LogP contribution in [0.1, 0.15) is 6.92 Å². The molecule has 0 saturated heterocycles. The van der Waals surface area contributed by atoms with Gasteiger partial charge in [-0.1, -0.05) is 6.92 Å². The molecule has 0 spiro atoms. The van der Waals surface area contributed by atoms with Gasteiger partial charge in [0.05, 0.1) is 39.6 Å². The largest absolute Gasteiger partial charge is 0.396 e. The van der Waals surface area contributed by atoms with Crippen molar-refractivity contribution < 1.29 is 30.6 Å². The topological polar surface area (TPSA) is 121 Å². The molecule has 0 aromatic rings. The molecule has 0 saturated carbocycles. The molecule has 15 heavy (non-hydrogen) atoms. The molecule has 0 heterocycles. The highest BCUT2D eigenvalue weighted by molar-refractivity contribution is 4.69. The smallest absolute Gasteiger partial charge is 0.0528 e. The van der Waals surface area contributed by atoms with E-state index in [4.69, 9.17) is 30.6 Å². The highest BCUT2D eigenvalue weighted by Gasteiger charge is 2.20. The van der Waals surface area contributed by atoms with Crippen molar-refractivity contribution in [2.45, 2.75) is 6.92 Å². The van der Waals surface area contributed by atoms with Gasteiger partial charge in [0.25, 0.3) is 0 Å². The van der Waals surface area contributed by atoms with Gasteiger partial charge >= 0.3 is 0 Å². The summed E-state index contributed by atoms with van der Waals surface area (Å²) in [5, 5.41) is 50.0. The van der Waals surface area contributed by atoms with Crippen molar-refractivity contribution in [2.75, 3.05) is 39.6 Å². The van der Waals surface area contributed by atoms with E-state index < -0.39 is 5.41 Å². The van der Waals surface area contributed by atoms with Crippen molar-refractivity contribution in [3.8, 4) is 0 Å². The van der Waals surface area contributed by atoms with Gasteiger partial charge in [-0.2, -0.15) is 0 Å². The average Bonchev–Trinajstić information content (AvgIpc) is 2.31. The van der Waals surface area contributed by atoms with Crippen LogP contribution in [0.2, 0.25) is 0 Å². The molecule has 6 heteroatoms. The Labute approximate surface area is 89.4 Å². The summed E-state index contributed by atoms with van der Waals surface area (Å²) >= 11 is 0. The van der Waals surface area contributed by atoms with Crippen molar-refractivity contribution in [3.63, 3.8) is 0 Å². The van der Waals surface area contributed by atoms with E-state index in [2.05, 4.69) is 0 Å². The molecule has 0 rings (SSSR count). The molecule has 0 aromatic carbocycles. The molecule has 0 aliphatic carbocycles. The molecule has 0 fully saturated rings. The highest BCUT2D eigenvalue weighted by Crippen LogP contribution is 2.10. The second kappa shape index (κ2) is 10.3. The second-order valence-electron chi connectivity index (χ2n) is 3.70. The summed E-state index contributed by atoms with van der Waals surface area (Å²) < 4.78 is 0. The zero-order chi connectivity index (χ0) is 12.3. The maximum Gasteiger partial charge on any atom is 0.0528 e. The van der Waals surface area contributed by atoms with Gasteiger partial charge in [-0.3, -0.25) is 0 Å². The van der Waals surface area contributed by atoms with E-state index in [-0.39, 0.29) is 45.6 Å². The Balaban J connectivity index is 0. The maximum absolute atomic E-state index is 8.47. The van der Waals surface area contributed by atoms with Crippen LogP contribution < -0.4 is 0 Å². The summed E-state index contributed by atoms with van der Waals surface area (Å²) in [5.74, 6) is -0.347. The number of aliphatic hydroxyl groups is 6. The summed E-state index contributed by atoms with van der Waals surface area (Å²) in [6.45, 7) is 0.625. The quantitative estimate of drug-likeness (QED) is 0.299. The number of rotatable bonds is 6. The molecular formula is C9H22O6. The molecule has 0 aromatic heterocycles. The molecule has 6 N–H and O–H groups in total. The van der Waals surface area contributed by atoms with Gasteiger partial charge in [-0.15, -0.1) is 0 Å². The lowest BCUT2D eigenvalue weighted by Gasteiger charge is -2.20. The first-order valence-corrected chi connectivity index (χ1v) is 4.68. The SMILES string of the molecule is CC(CO)(CO)CO.OCC(CO)CO.